The van der Waals surface area contributed by atoms with E-state index in [2.05, 4.69) is 5.32 Å². The molecule has 0 heterocycles. The molecule has 1 rings (SSSR count). The van der Waals surface area contributed by atoms with Crippen LogP contribution >= 0.6 is 0 Å². The normalized spacial score (nSPS) is 11.8. The smallest absolute Gasteiger partial charge is 0.320 e. The van der Waals surface area contributed by atoms with Crippen molar-refractivity contribution in [1.82, 2.24) is 0 Å². The van der Waals surface area contributed by atoms with Gasteiger partial charge in [-0.2, -0.15) is 0 Å². The third-order valence-electron chi connectivity index (χ3n) is 2.06. The molecule has 0 aliphatic heterocycles. The number of carboxylic acids is 1. The molecule has 86 valence electrons. The third kappa shape index (κ3) is 4.10. The summed E-state index contributed by atoms with van der Waals surface area (Å²) in [5.41, 5.74) is 5.97. The van der Waals surface area contributed by atoms with Crippen molar-refractivity contribution in [1.29, 1.82) is 0 Å². The number of para-hydroxylation sites is 1. The Labute approximate surface area is 93.3 Å². The molecule has 0 aliphatic rings. The molecule has 0 saturated carbocycles. The number of aliphatic carboxylic acids is 1. The summed E-state index contributed by atoms with van der Waals surface area (Å²) in [6.45, 7) is 0. The number of hydrogen-bond acceptors (Lipinski definition) is 3. The van der Waals surface area contributed by atoms with E-state index in [4.69, 9.17) is 10.8 Å². The zero-order valence-electron chi connectivity index (χ0n) is 8.72. The molecule has 0 unspecified atom stereocenters. The van der Waals surface area contributed by atoms with E-state index < -0.39 is 12.0 Å². The first kappa shape index (κ1) is 12.2. The van der Waals surface area contributed by atoms with Gasteiger partial charge in [0.1, 0.15) is 6.04 Å². The predicted octanol–water partition coefficient (Wildman–Crippen LogP) is 0.817. The topological polar surface area (TPSA) is 92.4 Å². The van der Waals surface area contributed by atoms with Crippen LogP contribution in [-0.2, 0) is 9.59 Å². The number of carbonyl (C=O) groups is 2. The Bertz CT molecular complexity index is 365. The SMILES string of the molecule is N[C@@H](CCC(=O)Nc1ccccc1)C(=O)O. The Kier molecular flexibility index (Phi) is 4.47. The van der Waals surface area contributed by atoms with Crippen molar-refractivity contribution in [2.75, 3.05) is 5.32 Å². The van der Waals surface area contributed by atoms with E-state index in [1.165, 1.54) is 0 Å². The molecule has 0 aliphatic carbocycles. The van der Waals surface area contributed by atoms with Crippen LogP contribution in [0.1, 0.15) is 12.8 Å². The molecule has 4 N–H and O–H groups in total. The van der Waals surface area contributed by atoms with E-state index in [0.717, 1.165) is 0 Å². The van der Waals surface area contributed by atoms with Crippen LogP contribution in [0, 0.1) is 0 Å². The van der Waals surface area contributed by atoms with Crippen LogP contribution in [0.3, 0.4) is 0 Å². The summed E-state index contributed by atoms with van der Waals surface area (Å²) in [6.07, 6.45) is 0.233. The summed E-state index contributed by atoms with van der Waals surface area (Å²) in [4.78, 5) is 21.8. The van der Waals surface area contributed by atoms with Crippen LogP contribution in [0.4, 0.5) is 5.69 Å². The summed E-state index contributed by atoms with van der Waals surface area (Å²) in [6, 6.07) is 7.98. The van der Waals surface area contributed by atoms with Crippen molar-refractivity contribution in [2.24, 2.45) is 5.73 Å². The summed E-state index contributed by atoms with van der Waals surface area (Å²) in [5.74, 6) is -1.32. The Hall–Kier alpha value is -1.88. The summed E-state index contributed by atoms with van der Waals surface area (Å²) in [5, 5.41) is 11.2. The van der Waals surface area contributed by atoms with Gasteiger partial charge in [-0.25, -0.2) is 0 Å². The number of amides is 1. The minimum absolute atomic E-state index is 0.0996. The molecule has 1 aromatic rings. The summed E-state index contributed by atoms with van der Waals surface area (Å²) in [7, 11) is 0. The molecular formula is C11H14N2O3. The maximum absolute atomic E-state index is 11.4. The predicted molar refractivity (Wildman–Crippen MR) is 59.9 cm³/mol. The largest absolute Gasteiger partial charge is 0.480 e. The zero-order chi connectivity index (χ0) is 12.0. The highest BCUT2D eigenvalue weighted by Gasteiger charge is 2.13. The third-order valence-corrected chi connectivity index (χ3v) is 2.06. The highest BCUT2D eigenvalue weighted by molar-refractivity contribution is 5.91. The Morgan fingerprint density at radius 2 is 1.94 bits per heavy atom. The molecule has 1 atom stereocenters. The molecular weight excluding hydrogens is 208 g/mol. The van der Waals surface area contributed by atoms with Gasteiger partial charge in [-0.1, -0.05) is 18.2 Å². The van der Waals surface area contributed by atoms with Crippen molar-refractivity contribution in [2.45, 2.75) is 18.9 Å². The monoisotopic (exact) mass is 222 g/mol. The molecule has 1 amide bonds. The van der Waals surface area contributed by atoms with E-state index in [-0.39, 0.29) is 18.7 Å². The van der Waals surface area contributed by atoms with Crippen molar-refractivity contribution in [3.8, 4) is 0 Å². The number of carboxylic acid groups (broad SMARTS) is 1. The van der Waals surface area contributed by atoms with Gasteiger partial charge in [0.15, 0.2) is 0 Å². The van der Waals surface area contributed by atoms with Gasteiger partial charge >= 0.3 is 5.97 Å². The number of benzene rings is 1. The lowest BCUT2D eigenvalue weighted by atomic mass is 10.1. The van der Waals surface area contributed by atoms with Crippen LogP contribution in [0.5, 0.6) is 0 Å². The van der Waals surface area contributed by atoms with Gasteiger partial charge < -0.3 is 16.2 Å². The van der Waals surface area contributed by atoms with E-state index in [1.54, 1.807) is 24.3 Å². The number of nitrogens with two attached hydrogens (primary N) is 1. The second-order valence-corrected chi connectivity index (χ2v) is 3.40. The Balaban J connectivity index is 2.35. The molecule has 0 radical (unpaired) electrons. The first-order valence-electron chi connectivity index (χ1n) is 4.93. The molecule has 16 heavy (non-hydrogen) atoms. The summed E-state index contributed by atoms with van der Waals surface area (Å²) >= 11 is 0. The second-order valence-electron chi connectivity index (χ2n) is 3.40. The molecule has 0 bridgehead atoms. The van der Waals surface area contributed by atoms with Gasteiger partial charge in [-0.05, 0) is 18.6 Å². The fourth-order valence-corrected chi connectivity index (χ4v) is 1.16. The molecule has 0 spiro atoms. The maximum Gasteiger partial charge on any atom is 0.320 e. The van der Waals surface area contributed by atoms with Crippen molar-refractivity contribution >= 4 is 17.6 Å². The highest BCUT2D eigenvalue weighted by Crippen LogP contribution is 2.06. The first-order valence-corrected chi connectivity index (χ1v) is 4.93. The summed E-state index contributed by atoms with van der Waals surface area (Å²) < 4.78 is 0. The van der Waals surface area contributed by atoms with Gasteiger partial charge in [0.05, 0.1) is 0 Å². The lowest BCUT2D eigenvalue weighted by molar-refractivity contribution is -0.138. The van der Waals surface area contributed by atoms with Gasteiger partial charge in [0.2, 0.25) is 5.91 Å². The molecule has 0 aromatic heterocycles. The number of anilines is 1. The fourth-order valence-electron chi connectivity index (χ4n) is 1.16. The minimum Gasteiger partial charge on any atom is -0.480 e. The number of rotatable bonds is 5. The first-order chi connectivity index (χ1) is 7.59. The average molecular weight is 222 g/mol. The van der Waals surface area contributed by atoms with Gasteiger partial charge in [0, 0.05) is 12.1 Å². The van der Waals surface area contributed by atoms with Gasteiger partial charge in [-0.3, -0.25) is 9.59 Å². The van der Waals surface area contributed by atoms with Crippen LogP contribution in [0.15, 0.2) is 30.3 Å². The number of carbonyl (C=O) groups excluding carboxylic acids is 1. The number of nitrogens with one attached hydrogen (secondary N) is 1. The quantitative estimate of drug-likeness (QED) is 0.687. The lowest BCUT2D eigenvalue weighted by Crippen LogP contribution is -2.31. The zero-order valence-corrected chi connectivity index (χ0v) is 8.72. The average Bonchev–Trinajstić information content (AvgIpc) is 2.27. The maximum atomic E-state index is 11.4. The number of hydrogen-bond donors (Lipinski definition) is 3. The van der Waals surface area contributed by atoms with Gasteiger partial charge in [-0.15, -0.1) is 0 Å². The Morgan fingerprint density at radius 1 is 1.31 bits per heavy atom. The van der Waals surface area contributed by atoms with Crippen molar-refractivity contribution < 1.29 is 14.7 Å². The van der Waals surface area contributed by atoms with Crippen molar-refractivity contribution in [3.05, 3.63) is 30.3 Å². The standard InChI is InChI=1S/C11H14N2O3/c12-9(11(15)16)6-7-10(14)13-8-4-2-1-3-5-8/h1-5,9H,6-7,12H2,(H,13,14)(H,15,16)/t9-/m0/s1. The molecule has 0 fully saturated rings. The fraction of sp³-hybridized carbons (Fsp3) is 0.273. The van der Waals surface area contributed by atoms with Crippen molar-refractivity contribution in [3.63, 3.8) is 0 Å². The molecule has 0 saturated heterocycles. The van der Waals surface area contributed by atoms with E-state index in [1.807, 2.05) is 6.07 Å². The van der Waals surface area contributed by atoms with E-state index in [9.17, 15) is 9.59 Å². The van der Waals surface area contributed by atoms with Crippen LogP contribution in [0.25, 0.3) is 0 Å². The molecule has 5 nitrogen and oxygen atoms in total. The van der Waals surface area contributed by atoms with Crippen LogP contribution in [0.2, 0.25) is 0 Å². The van der Waals surface area contributed by atoms with E-state index in [0.29, 0.717) is 5.69 Å². The van der Waals surface area contributed by atoms with E-state index >= 15 is 0 Å². The highest BCUT2D eigenvalue weighted by atomic mass is 16.4. The van der Waals surface area contributed by atoms with Gasteiger partial charge in [0.25, 0.3) is 0 Å². The second kappa shape index (κ2) is 5.87. The van der Waals surface area contributed by atoms with Crippen LogP contribution < -0.4 is 11.1 Å². The minimum atomic E-state index is -1.09. The lowest BCUT2D eigenvalue weighted by Gasteiger charge is -2.07. The van der Waals surface area contributed by atoms with Crippen LogP contribution in [-0.4, -0.2) is 23.0 Å². The molecule has 1 aromatic carbocycles. The Morgan fingerprint density at radius 3 is 2.50 bits per heavy atom. The molecule has 5 heteroatoms.